The van der Waals surface area contributed by atoms with Gasteiger partial charge >= 0.3 is 6.09 Å². The summed E-state index contributed by atoms with van der Waals surface area (Å²) in [5.41, 5.74) is 0.290. The highest BCUT2D eigenvalue weighted by molar-refractivity contribution is 9.10. The second-order valence-corrected chi connectivity index (χ2v) is 7.84. The lowest BCUT2D eigenvalue weighted by Gasteiger charge is -2.34. The SMILES string of the molecule is CC(C)(C)OC(=O)N1CCC[C@H](Nc2ccn3ncc(Br)c3n2)C1. The Morgan fingerprint density at radius 2 is 2.25 bits per heavy atom. The Morgan fingerprint density at radius 1 is 1.46 bits per heavy atom. The molecule has 0 radical (unpaired) electrons. The fourth-order valence-corrected chi connectivity index (χ4v) is 3.08. The molecule has 7 nitrogen and oxygen atoms in total. The molecule has 0 aliphatic carbocycles. The second-order valence-electron chi connectivity index (χ2n) is 6.98. The number of hydrogen-bond donors (Lipinski definition) is 1. The number of carbonyl (C=O) groups is 1. The van der Waals surface area contributed by atoms with Gasteiger partial charge in [0.1, 0.15) is 11.4 Å². The van der Waals surface area contributed by atoms with Gasteiger partial charge < -0.3 is 15.0 Å². The molecule has 2 aromatic rings. The van der Waals surface area contributed by atoms with Crippen LogP contribution < -0.4 is 5.32 Å². The van der Waals surface area contributed by atoms with Crippen LogP contribution in [-0.4, -0.2) is 50.3 Å². The topological polar surface area (TPSA) is 71.8 Å². The summed E-state index contributed by atoms with van der Waals surface area (Å²) >= 11 is 3.44. The third kappa shape index (κ3) is 3.98. The molecule has 0 aromatic carbocycles. The van der Waals surface area contributed by atoms with Gasteiger partial charge in [-0.25, -0.2) is 14.3 Å². The number of nitrogens with zero attached hydrogens (tertiary/aromatic N) is 4. The van der Waals surface area contributed by atoms with E-state index in [4.69, 9.17) is 4.74 Å². The Kier molecular flexibility index (Phi) is 4.67. The van der Waals surface area contributed by atoms with Gasteiger partial charge in [-0.3, -0.25) is 0 Å². The summed E-state index contributed by atoms with van der Waals surface area (Å²) in [5, 5.41) is 7.60. The zero-order chi connectivity index (χ0) is 17.3. The first-order chi connectivity index (χ1) is 11.3. The maximum atomic E-state index is 12.2. The number of ether oxygens (including phenoxy) is 1. The fraction of sp³-hybridized carbons (Fsp3) is 0.562. The van der Waals surface area contributed by atoms with Gasteiger partial charge in [0.15, 0.2) is 5.65 Å². The van der Waals surface area contributed by atoms with Gasteiger partial charge in [0.05, 0.1) is 10.7 Å². The number of halogens is 1. The maximum absolute atomic E-state index is 12.2. The molecule has 1 amide bonds. The van der Waals surface area contributed by atoms with Crippen molar-refractivity contribution in [2.75, 3.05) is 18.4 Å². The summed E-state index contributed by atoms with van der Waals surface area (Å²) in [5.74, 6) is 0.778. The number of rotatable bonds is 2. The zero-order valence-corrected chi connectivity index (χ0v) is 15.7. The maximum Gasteiger partial charge on any atom is 0.410 e. The van der Waals surface area contributed by atoms with E-state index in [-0.39, 0.29) is 12.1 Å². The number of anilines is 1. The Bertz CT molecular complexity index is 740. The van der Waals surface area contributed by atoms with Crippen molar-refractivity contribution in [3.63, 3.8) is 0 Å². The molecule has 1 atom stereocenters. The molecule has 1 aliphatic heterocycles. The third-order valence-corrected chi connectivity index (χ3v) is 4.31. The van der Waals surface area contributed by atoms with E-state index in [0.29, 0.717) is 6.54 Å². The Labute approximate surface area is 149 Å². The highest BCUT2D eigenvalue weighted by Crippen LogP contribution is 2.20. The van der Waals surface area contributed by atoms with Crippen LogP contribution in [0.15, 0.2) is 22.9 Å². The zero-order valence-electron chi connectivity index (χ0n) is 14.1. The van der Waals surface area contributed by atoms with E-state index in [1.165, 1.54) is 0 Å². The van der Waals surface area contributed by atoms with Gasteiger partial charge in [0.25, 0.3) is 0 Å². The van der Waals surface area contributed by atoms with E-state index in [0.717, 1.165) is 35.3 Å². The summed E-state index contributed by atoms with van der Waals surface area (Å²) in [4.78, 5) is 18.6. The normalized spacial score (nSPS) is 18.7. The summed E-state index contributed by atoms with van der Waals surface area (Å²) in [6, 6.07) is 2.04. The van der Waals surface area contributed by atoms with E-state index in [1.807, 2.05) is 33.0 Å². The van der Waals surface area contributed by atoms with Crippen molar-refractivity contribution in [2.45, 2.75) is 45.3 Å². The minimum Gasteiger partial charge on any atom is -0.444 e. The van der Waals surface area contributed by atoms with Crippen LogP contribution in [0.5, 0.6) is 0 Å². The first-order valence-electron chi connectivity index (χ1n) is 8.06. The molecule has 3 heterocycles. The van der Waals surface area contributed by atoms with Crippen molar-refractivity contribution in [1.29, 1.82) is 0 Å². The highest BCUT2D eigenvalue weighted by Gasteiger charge is 2.27. The number of hydrogen-bond acceptors (Lipinski definition) is 5. The number of aromatic nitrogens is 3. The van der Waals surface area contributed by atoms with Crippen LogP contribution in [0.2, 0.25) is 0 Å². The molecular weight excluding hydrogens is 374 g/mol. The van der Waals surface area contributed by atoms with Crippen molar-refractivity contribution >= 4 is 33.5 Å². The number of likely N-dealkylation sites (tertiary alicyclic amines) is 1. The van der Waals surface area contributed by atoms with Crippen LogP contribution in [0.1, 0.15) is 33.6 Å². The Balaban J connectivity index is 1.66. The van der Waals surface area contributed by atoms with Crippen LogP contribution in [-0.2, 0) is 4.74 Å². The van der Waals surface area contributed by atoms with Crippen LogP contribution in [0.4, 0.5) is 10.6 Å². The standard InChI is InChI=1S/C16H22BrN5O2/c1-16(2,3)24-15(23)21-7-4-5-11(10-21)19-13-6-8-22-14(20-13)12(17)9-18-22/h6,8-9,11H,4-5,7,10H2,1-3H3,(H,19,20)/t11-/m0/s1. The fourth-order valence-electron chi connectivity index (χ4n) is 2.72. The van der Waals surface area contributed by atoms with E-state index in [9.17, 15) is 4.79 Å². The molecule has 1 N–H and O–H groups in total. The molecule has 24 heavy (non-hydrogen) atoms. The molecule has 1 aliphatic rings. The average Bonchev–Trinajstić information content (AvgIpc) is 2.87. The number of amides is 1. The highest BCUT2D eigenvalue weighted by atomic mass is 79.9. The van der Waals surface area contributed by atoms with Crippen molar-refractivity contribution in [1.82, 2.24) is 19.5 Å². The predicted molar refractivity (Wildman–Crippen MR) is 95.1 cm³/mol. The lowest BCUT2D eigenvalue weighted by atomic mass is 10.1. The quantitative estimate of drug-likeness (QED) is 0.844. The summed E-state index contributed by atoms with van der Waals surface area (Å²) in [6.45, 7) is 6.99. The first-order valence-corrected chi connectivity index (χ1v) is 8.85. The van der Waals surface area contributed by atoms with Gasteiger partial charge in [0.2, 0.25) is 0 Å². The van der Waals surface area contributed by atoms with Crippen molar-refractivity contribution in [3.8, 4) is 0 Å². The Morgan fingerprint density at radius 3 is 3.00 bits per heavy atom. The largest absolute Gasteiger partial charge is 0.444 e. The first kappa shape index (κ1) is 17.0. The summed E-state index contributed by atoms with van der Waals surface area (Å²) in [7, 11) is 0. The molecule has 0 saturated carbocycles. The van der Waals surface area contributed by atoms with Crippen LogP contribution >= 0.6 is 15.9 Å². The van der Waals surface area contributed by atoms with Gasteiger partial charge in [0, 0.05) is 25.3 Å². The minimum absolute atomic E-state index is 0.155. The van der Waals surface area contributed by atoms with Crippen molar-refractivity contribution in [2.24, 2.45) is 0 Å². The van der Waals surface area contributed by atoms with Gasteiger partial charge in [-0.05, 0) is 55.6 Å². The van der Waals surface area contributed by atoms with E-state index < -0.39 is 5.60 Å². The molecular formula is C16H22BrN5O2. The molecule has 0 spiro atoms. The van der Waals surface area contributed by atoms with E-state index in [2.05, 4.69) is 31.3 Å². The van der Waals surface area contributed by atoms with Gasteiger partial charge in [-0.1, -0.05) is 0 Å². The average molecular weight is 396 g/mol. The molecule has 130 valence electrons. The predicted octanol–water partition coefficient (Wildman–Crippen LogP) is 3.30. The van der Waals surface area contributed by atoms with Crippen molar-refractivity contribution < 1.29 is 9.53 Å². The van der Waals surface area contributed by atoms with Crippen LogP contribution in [0.3, 0.4) is 0 Å². The lowest BCUT2D eigenvalue weighted by Crippen LogP contribution is -2.47. The molecule has 1 saturated heterocycles. The smallest absolute Gasteiger partial charge is 0.410 e. The van der Waals surface area contributed by atoms with E-state index in [1.54, 1.807) is 15.6 Å². The lowest BCUT2D eigenvalue weighted by molar-refractivity contribution is 0.0206. The molecule has 8 heteroatoms. The molecule has 2 aromatic heterocycles. The van der Waals surface area contributed by atoms with Crippen molar-refractivity contribution in [3.05, 3.63) is 22.9 Å². The number of carbonyl (C=O) groups excluding carboxylic acids is 1. The molecule has 0 unspecified atom stereocenters. The van der Waals surface area contributed by atoms with Gasteiger partial charge in [-0.2, -0.15) is 5.10 Å². The summed E-state index contributed by atoms with van der Waals surface area (Å²) in [6.07, 6.45) is 5.26. The Hall–Kier alpha value is -1.83. The number of piperidine rings is 1. The van der Waals surface area contributed by atoms with Crippen LogP contribution in [0, 0.1) is 0 Å². The molecule has 1 fully saturated rings. The third-order valence-electron chi connectivity index (χ3n) is 3.75. The monoisotopic (exact) mass is 395 g/mol. The number of fused-ring (bicyclic) bond motifs is 1. The minimum atomic E-state index is -0.474. The second kappa shape index (κ2) is 6.58. The van der Waals surface area contributed by atoms with Crippen LogP contribution in [0.25, 0.3) is 5.65 Å². The van der Waals surface area contributed by atoms with Gasteiger partial charge in [-0.15, -0.1) is 0 Å². The van der Waals surface area contributed by atoms with E-state index >= 15 is 0 Å². The molecule has 3 rings (SSSR count). The number of nitrogens with one attached hydrogen (secondary N) is 1. The molecule has 0 bridgehead atoms. The summed E-state index contributed by atoms with van der Waals surface area (Å²) < 4.78 is 8.03.